The highest BCUT2D eigenvalue weighted by Gasteiger charge is 2.24. The van der Waals surface area contributed by atoms with E-state index in [1.807, 2.05) is 0 Å². The van der Waals surface area contributed by atoms with E-state index in [4.69, 9.17) is 14.5 Å². The van der Waals surface area contributed by atoms with Crippen LogP contribution in [0.2, 0.25) is 0 Å². The molecule has 3 heterocycles. The molecule has 0 bridgehead atoms. The molecule has 5 heteroatoms. The predicted octanol–water partition coefficient (Wildman–Crippen LogP) is 2.79. The van der Waals surface area contributed by atoms with Crippen molar-refractivity contribution in [3.05, 3.63) is 28.3 Å². The van der Waals surface area contributed by atoms with Crippen molar-refractivity contribution in [1.29, 1.82) is 0 Å². The molecule has 0 fully saturated rings. The summed E-state index contributed by atoms with van der Waals surface area (Å²) in [4.78, 5) is 6.16. The summed E-state index contributed by atoms with van der Waals surface area (Å²) in [6, 6.07) is 4.20. The smallest absolute Gasteiger partial charge is 0.129 e. The second-order valence-electron chi connectivity index (χ2n) is 5.61. The van der Waals surface area contributed by atoms with Crippen LogP contribution in [0, 0.1) is 0 Å². The van der Waals surface area contributed by atoms with Gasteiger partial charge in [-0.2, -0.15) is 0 Å². The average Bonchev–Trinajstić information content (AvgIpc) is 3.06. The van der Waals surface area contributed by atoms with Crippen LogP contribution in [0.1, 0.15) is 23.1 Å². The number of hydrogen-bond acceptors (Lipinski definition) is 5. The summed E-state index contributed by atoms with van der Waals surface area (Å²) in [5.74, 6) is 1.87. The standard InChI is InChI=1S/C16H18N2O2S/c1-9-5-10-6-14(19-2)11(7-13(10)20-9)16-18-12-3-4-17-8-15(12)21-16/h6-7,9,17H,3-5,8H2,1-2H3. The Hall–Kier alpha value is -1.59. The van der Waals surface area contributed by atoms with Crippen LogP contribution in [-0.2, 0) is 19.4 Å². The molecule has 4 rings (SSSR count). The van der Waals surface area contributed by atoms with Gasteiger partial charge in [-0.25, -0.2) is 4.98 Å². The van der Waals surface area contributed by atoms with Crippen LogP contribution < -0.4 is 14.8 Å². The Morgan fingerprint density at radius 3 is 3.14 bits per heavy atom. The normalized spacial score (nSPS) is 19.8. The quantitative estimate of drug-likeness (QED) is 0.926. The molecule has 1 unspecified atom stereocenters. The van der Waals surface area contributed by atoms with Gasteiger partial charge in [0.2, 0.25) is 0 Å². The Morgan fingerprint density at radius 2 is 2.33 bits per heavy atom. The molecule has 0 saturated heterocycles. The number of thiazole rings is 1. The molecule has 0 amide bonds. The van der Waals surface area contributed by atoms with Gasteiger partial charge in [-0.1, -0.05) is 0 Å². The van der Waals surface area contributed by atoms with Crippen LogP contribution in [-0.4, -0.2) is 24.7 Å². The van der Waals surface area contributed by atoms with Crippen molar-refractivity contribution in [2.75, 3.05) is 13.7 Å². The first-order valence-corrected chi connectivity index (χ1v) is 8.13. The Labute approximate surface area is 128 Å². The fourth-order valence-electron chi connectivity index (χ4n) is 3.02. The molecule has 21 heavy (non-hydrogen) atoms. The zero-order valence-electron chi connectivity index (χ0n) is 12.2. The lowest BCUT2D eigenvalue weighted by Gasteiger charge is -2.09. The Morgan fingerprint density at radius 1 is 1.43 bits per heavy atom. The summed E-state index contributed by atoms with van der Waals surface area (Å²) in [7, 11) is 1.72. The molecule has 1 N–H and O–H groups in total. The Kier molecular flexibility index (Phi) is 3.12. The van der Waals surface area contributed by atoms with Crippen LogP contribution in [0.3, 0.4) is 0 Å². The molecule has 2 aliphatic heterocycles. The van der Waals surface area contributed by atoms with E-state index >= 15 is 0 Å². The van der Waals surface area contributed by atoms with E-state index in [2.05, 4.69) is 24.4 Å². The molecule has 2 aromatic rings. The molecule has 2 aliphatic rings. The number of rotatable bonds is 2. The maximum absolute atomic E-state index is 5.88. The highest BCUT2D eigenvalue weighted by atomic mass is 32.1. The number of hydrogen-bond donors (Lipinski definition) is 1. The van der Waals surface area contributed by atoms with E-state index in [1.54, 1.807) is 18.4 Å². The van der Waals surface area contributed by atoms with Gasteiger partial charge in [0.1, 0.15) is 22.6 Å². The number of methoxy groups -OCH3 is 1. The van der Waals surface area contributed by atoms with E-state index < -0.39 is 0 Å². The number of benzene rings is 1. The van der Waals surface area contributed by atoms with E-state index in [0.717, 1.165) is 48.0 Å². The van der Waals surface area contributed by atoms with E-state index in [1.165, 1.54) is 16.1 Å². The zero-order valence-corrected chi connectivity index (χ0v) is 13.0. The number of ether oxygens (including phenoxy) is 2. The molecule has 1 aromatic heterocycles. The lowest BCUT2D eigenvalue weighted by molar-refractivity contribution is 0.254. The maximum Gasteiger partial charge on any atom is 0.129 e. The summed E-state index contributed by atoms with van der Waals surface area (Å²) < 4.78 is 11.5. The van der Waals surface area contributed by atoms with E-state index in [0.29, 0.717) is 0 Å². The van der Waals surface area contributed by atoms with Crippen LogP contribution in [0.4, 0.5) is 0 Å². The average molecular weight is 302 g/mol. The third-order valence-electron chi connectivity index (χ3n) is 4.05. The molecule has 1 atom stereocenters. The first kappa shape index (κ1) is 13.1. The predicted molar refractivity (Wildman–Crippen MR) is 83.3 cm³/mol. The second-order valence-corrected chi connectivity index (χ2v) is 6.69. The molecule has 1 aromatic carbocycles. The first-order chi connectivity index (χ1) is 10.2. The highest BCUT2D eigenvalue weighted by molar-refractivity contribution is 7.15. The molecular formula is C16H18N2O2S. The monoisotopic (exact) mass is 302 g/mol. The van der Waals surface area contributed by atoms with Crippen LogP contribution in [0.15, 0.2) is 12.1 Å². The van der Waals surface area contributed by atoms with Gasteiger partial charge in [-0.3, -0.25) is 0 Å². The van der Waals surface area contributed by atoms with Gasteiger partial charge in [-0.15, -0.1) is 11.3 Å². The van der Waals surface area contributed by atoms with Crippen molar-refractivity contribution in [1.82, 2.24) is 10.3 Å². The number of fused-ring (bicyclic) bond motifs is 2. The zero-order chi connectivity index (χ0) is 14.4. The largest absolute Gasteiger partial charge is 0.496 e. The van der Waals surface area contributed by atoms with E-state index in [9.17, 15) is 0 Å². The summed E-state index contributed by atoms with van der Waals surface area (Å²) >= 11 is 1.76. The van der Waals surface area contributed by atoms with Crippen LogP contribution in [0.5, 0.6) is 11.5 Å². The van der Waals surface area contributed by atoms with Gasteiger partial charge in [-0.05, 0) is 19.1 Å². The first-order valence-electron chi connectivity index (χ1n) is 7.32. The maximum atomic E-state index is 5.88. The number of aromatic nitrogens is 1. The molecule has 0 saturated carbocycles. The van der Waals surface area contributed by atoms with Gasteiger partial charge >= 0.3 is 0 Å². The van der Waals surface area contributed by atoms with Crippen molar-refractivity contribution in [2.45, 2.75) is 32.4 Å². The van der Waals surface area contributed by atoms with Gasteiger partial charge < -0.3 is 14.8 Å². The Bertz CT molecular complexity index is 672. The Balaban J connectivity index is 1.81. The molecule has 4 nitrogen and oxygen atoms in total. The van der Waals surface area contributed by atoms with Crippen molar-refractivity contribution < 1.29 is 9.47 Å². The third kappa shape index (κ3) is 2.21. The van der Waals surface area contributed by atoms with E-state index in [-0.39, 0.29) is 6.10 Å². The molecule has 0 aliphatic carbocycles. The fourth-order valence-corrected chi connectivity index (χ4v) is 4.11. The SMILES string of the molecule is COc1cc2c(cc1-c1nc3c(s1)CNCC3)OC(C)C2. The molecule has 0 radical (unpaired) electrons. The van der Waals surface area contributed by atoms with Crippen molar-refractivity contribution in [2.24, 2.45) is 0 Å². The summed E-state index contributed by atoms with van der Waals surface area (Å²) in [5.41, 5.74) is 3.50. The number of nitrogens with one attached hydrogen (secondary N) is 1. The molecule has 0 spiro atoms. The number of nitrogens with zero attached hydrogens (tertiary/aromatic N) is 1. The van der Waals surface area contributed by atoms with Gasteiger partial charge in [0.15, 0.2) is 0 Å². The van der Waals surface area contributed by atoms with Gasteiger partial charge in [0, 0.05) is 36.4 Å². The lowest BCUT2D eigenvalue weighted by atomic mass is 10.1. The van der Waals surface area contributed by atoms with Crippen molar-refractivity contribution in [3.8, 4) is 22.1 Å². The minimum absolute atomic E-state index is 0.244. The summed E-state index contributed by atoms with van der Waals surface area (Å²) in [6.45, 7) is 4.03. The lowest BCUT2D eigenvalue weighted by Crippen LogP contribution is -2.22. The minimum atomic E-state index is 0.244. The topological polar surface area (TPSA) is 43.4 Å². The highest BCUT2D eigenvalue weighted by Crippen LogP contribution is 2.42. The van der Waals surface area contributed by atoms with Crippen LogP contribution in [0.25, 0.3) is 10.6 Å². The second kappa shape index (κ2) is 5.00. The third-order valence-corrected chi connectivity index (χ3v) is 5.18. The fraction of sp³-hybridized carbons (Fsp3) is 0.438. The minimum Gasteiger partial charge on any atom is -0.496 e. The van der Waals surface area contributed by atoms with Crippen molar-refractivity contribution in [3.63, 3.8) is 0 Å². The van der Waals surface area contributed by atoms with Crippen LogP contribution >= 0.6 is 11.3 Å². The molecular weight excluding hydrogens is 284 g/mol. The van der Waals surface area contributed by atoms with Crippen molar-refractivity contribution >= 4 is 11.3 Å². The molecule has 110 valence electrons. The summed E-state index contributed by atoms with van der Waals surface area (Å²) in [5, 5.41) is 4.43. The van der Waals surface area contributed by atoms with Gasteiger partial charge in [0.05, 0.1) is 18.4 Å². The van der Waals surface area contributed by atoms with Gasteiger partial charge in [0.25, 0.3) is 0 Å². The summed E-state index contributed by atoms with van der Waals surface area (Å²) in [6.07, 6.45) is 2.20.